The summed E-state index contributed by atoms with van der Waals surface area (Å²) < 4.78 is 0. The van der Waals surface area contributed by atoms with E-state index in [0.29, 0.717) is 11.5 Å². The number of aromatic nitrogens is 3. The van der Waals surface area contributed by atoms with Crippen LogP contribution in [0.15, 0.2) is 42.7 Å². The van der Waals surface area contributed by atoms with Crippen molar-refractivity contribution >= 4 is 34.1 Å². The zero-order valence-electron chi connectivity index (χ0n) is 11.2. The first-order valence-electron chi connectivity index (χ1n) is 6.29. The predicted molar refractivity (Wildman–Crippen MR) is 81.5 cm³/mol. The van der Waals surface area contributed by atoms with E-state index in [1.807, 2.05) is 24.3 Å². The summed E-state index contributed by atoms with van der Waals surface area (Å²) in [7, 11) is 0. The molecule has 0 aliphatic heterocycles. The van der Waals surface area contributed by atoms with Gasteiger partial charge in [-0.2, -0.15) is 0 Å². The molecule has 0 bridgehead atoms. The smallest absolute Gasteiger partial charge is 0.275 e. The van der Waals surface area contributed by atoms with Crippen molar-refractivity contribution in [2.45, 2.75) is 6.92 Å². The number of fused-ring (bicyclic) bond motifs is 1. The van der Waals surface area contributed by atoms with Crippen LogP contribution in [0.5, 0.6) is 0 Å². The Hall–Kier alpha value is -2.53. The van der Waals surface area contributed by atoms with Crippen LogP contribution in [0.1, 0.15) is 16.3 Å². The highest BCUT2D eigenvalue weighted by Gasteiger charge is 2.13. The monoisotopic (exact) mass is 298 g/mol. The maximum absolute atomic E-state index is 12.2. The molecule has 0 atom stereocenters. The SMILES string of the molecule is Cc1ncc(Cl)c(C(=O)Nc2ccc3ncccc3c2)n1. The number of nitrogens with one attached hydrogen (secondary N) is 1. The van der Waals surface area contributed by atoms with E-state index in [1.165, 1.54) is 6.20 Å². The first kappa shape index (κ1) is 13.5. The van der Waals surface area contributed by atoms with Crippen molar-refractivity contribution in [2.75, 3.05) is 5.32 Å². The van der Waals surface area contributed by atoms with Gasteiger partial charge in [0, 0.05) is 17.3 Å². The summed E-state index contributed by atoms with van der Waals surface area (Å²) in [6, 6.07) is 9.26. The van der Waals surface area contributed by atoms with Gasteiger partial charge in [0.05, 0.1) is 16.7 Å². The van der Waals surface area contributed by atoms with E-state index in [-0.39, 0.29) is 16.6 Å². The van der Waals surface area contributed by atoms with Crippen LogP contribution in [-0.2, 0) is 0 Å². The molecule has 6 heteroatoms. The topological polar surface area (TPSA) is 67.8 Å². The Kier molecular flexibility index (Phi) is 3.50. The fraction of sp³-hybridized carbons (Fsp3) is 0.0667. The van der Waals surface area contributed by atoms with Crippen molar-refractivity contribution in [1.29, 1.82) is 0 Å². The number of anilines is 1. The molecule has 21 heavy (non-hydrogen) atoms. The number of halogens is 1. The van der Waals surface area contributed by atoms with E-state index < -0.39 is 0 Å². The Morgan fingerprint density at radius 1 is 1.24 bits per heavy atom. The number of nitrogens with zero attached hydrogens (tertiary/aromatic N) is 3. The highest BCUT2D eigenvalue weighted by Crippen LogP contribution is 2.19. The zero-order chi connectivity index (χ0) is 14.8. The van der Waals surface area contributed by atoms with Crippen LogP contribution in [0.2, 0.25) is 5.02 Å². The summed E-state index contributed by atoms with van der Waals surface area (Å²) in [4.78, 5) is 24.5. The molecule has 0 aliphatic carbocycles. The summed E-state index contributed by atoms with van der Waals surface area (Å²) >= 11 is 5.96. The van der Waals surface area contributed by atoms with Gasteiger partial charge in [0.15, 0.2) is 5.69 Å². The second-order valence-corrected chi connectivity index (χ2v) is 4.89. The number of carbonyl (C=O) groups is 1. The van der Waals surface area contributed by atoms with Gasteiger partial charge < -0.3 is 5.32 Å². The van der Waals surface area contributed by atoms with Crippen molar-refractivity contribution in [3.8, 4) is 0 Å². The third-order valence-electron chi connectivity index (χ3n) is 2.94. The minimum absolute atomic E-state index is 0.162. The van der Waals surface area contributed by atoms with Gasteiger partial charge in [-0.05, 0) is 31.2 Å². The summed E-state index contributed by atoms with van der Waals surface area (Å²) in [5.41, 5.74) is 1.69. The van der Waals surface area contributed by atoms with Crippen LogP contribution >= 0.6 is 11.6 Å². The standard InChI is InChI=1S/C15H11ClN4O/c1-9-18-8-12(16)14(19-9)15(21)20-11-4-5-13-10(7-11)3-2-6-17-13/h2-8H,1H3,(H,20,21). The van der Waals surface area contributed by atoms with Gasteiger partial charge in [-0.15, -0.1) is 0 Å². The van der Waals surface area contributed by atoms with Crippen LogP contribution in [0.25, 0.3) is 10.9 Å². The molecule has 1 aromatic carbocycles. The van der Waals surface area contributed by atoms with Crippen molar-refractivity contribution in [3.63, 3.8) is 0 Å². The van der Waals surface area contributed by atoms with Crippen LogP contribution in [0.3, 0.4) is 0 Å². The molecule has 0 saturated carbocycles. The van der Waals surface area contributed by atoms with Crippen LogP contribution < -0.4 is 5.32 Å². The molecule has 0 radical (unpaired) electrons. The predicted octanol–water partition coefficient (Wildman–Crippen LogP) is 3.24. The van der Waals surface area contributed by atoms with Gasteiger partial charge in [0.1, 0.15) is 5.82 Å². The molecular weight excluding hydrogens is 288 g/mol. The number of pyridine rings is 1. The van der Waals surface area contributed by atoms with Crippen LogP contribution in [0, 0.1) is 6.92 Å². The van der Waals surface area contributed by atoms with Crippen molar-refractivity contribution < 1.29 is 4.79 Å². The molecule has 1 amide bonds. The number of rotatable bonds is 2. The molecule has 104 valence electrons. The Balaban J connectivity index is 1.90. The van der Waals surface area contributed by atoms with E-state index >= 15 is 0 Å². The first-order chi connectivity index (χ1) is 10.1. The third kappa shape index (κ3) is 2.83. The van der Waals surface area contributed by atoms with E-state index in [4.69, 9.17) is 11.6 Å². The van der Waals surface area contributed by atoms with Gasteiger partial charge in [-0.1, -0.05) is 17.7 Å². The Bertz CT molecular complexity index is 835. The van der Waals surface area contributed by atoms with E-state index in [1.54, 1.807) is 19.2 Å². The molecule has 1 N–H and O–H groups in total. The highest BCUT2D eigenvalue weighted by atomic mass is 35.5. The van der Waals surface area contributed by atoms with Crippen LogP contribution in [0.4, 0.5) is 5.69 Å². The van der Waals surface area contributed by atoms with Crippen molar-refractivity contribution in [3.05, 3.63) is 59.3 Å². The lowest BCUT2D eigenvalue weighted by molar-refractivity contribution is 0.102. The number of aryl methyl sites for hydroxylation is 1. The van der Waals surface area contributed by atoms with Crippen LogP contribution in [-0.4, -0.2) is 20.9 Å². The molecule has 0 saturated heterocycles. The molecule has 5 nitrogen and oxygen atoms in total. The normalized spacial score (nSPS) is 10.6. The van der Waals surface area contributed by atoms with Crippen molar-refractivity contribution in [1.82, 2.24) is 15.0 Å². The number of benzene rings is 1. The van der Waals surface area contributed by atoms with Gasteiger partial charge in [-0.3, -0.25) is 9.78 Å². The Morgan fingerprint density at radius 3 is 2.95 bits per heavy atom. The molecule has 0 spiro atoms. The molecule has 0 fully saturated rings. The number of hydrogen-bond acceptors (Lipinski definition) is 4. The molecule has 3 aromatic rings. The minimum Gasteiger partial charge on any atom is -0.321 e. The van der Waals surface area contributed by atoms with Gasteiger partial charge in [0.2, 0.25) is 0 Å². The maximum Gasteiger partial charge on any atom is 0.275 e. The second kappa shape index (κ2) is 5.46. The quantitative estimate of drug-likeness (QED) is 0.788. The Morgan fingerprint density at radius 2 is 2.10 bits per heavy atom. The van der Waals surface area contributed by atoms with Gasteiger partial charge in [0.25, 0.3) is 5.91 Å². The summed E-state index contributed by atoms with van der Waals surface area (Å²) in [5, 5.41) is 3.94. The minimum atomic E-state index is -0.367. The highest BCUT2D eigenvalue weighted by molar-refractivity contribution is 6.33. The fourth-order valence-corrected chi connectivity index (χ4v) is 2.14. The third-order valence-corrected chi connectivity index (χ3v) is 3.22. The number of carbonyl (C=O) groups excluding carboxylic acids is 1. The van der Waals surface area contributed by atoms with E-state index in [2.05, 4.69) is 20.3 Å². The Labute approximate surface area is 126 Å². The fourth-order valence-electron chi connectivity index (χ4n) is 1.96. The lowest BCUT2D eigenvalue weighted by Crippen LogP contribution is -2.15. The maximum atomic E-state index is 12.2. The number of hydrogen-bond donors (Lipinski definition) is 1. The molecule has 0 unspecified atom stereocenters. The van der Waals surface area contributed by atoms with Gasteiger partial charge >= 0.3 is 0 Å². The average Bonchev–Trinajstić information content (AvgIpc) is 2.49. The lowest BCUT2D eigenvalue weighted by atomic mass is 10.2. The first-order valence-corrected chi connectivity index (χ1v) is 6.66. The molecule has 2 heterocycles. The second-order valence-electron chi connectivity index (χ2n) is 4.48. The average molecular weight is 299 g/mol. The lowest BCUT2D eigenvalue weighted by Gasteiger charge is -2.07. The largest absolute Gasteiger partial charge is 0.321 e. The zero-order valence-corrected chi connectivity index (χ0v) is 11.9. The summed E-state index contributed by atoms with van der Waals surface area (Å²) in [6.07, 6.45) is 3.15. The molecular formula is C15H11ClN4O. The summed E-state index contributed by atoms with van der Waals surface area (Å²) in [5.74, 6) is 0.126. The van der Waals surface area contributed by atoms with E-state index in [9.17, 15) is 4.79 Å². The number of amides is 1. The summed E-state index contributed by atoms with van der Waals surface area (Å²) in [6.45, 7) is 1.70. The molecule has 0 aliphatic rings. The molecule has 2 aromatic heterocycles. The molecule has 3 rings (SSSR count). The van der Waals surface area contributed by atoms with Gasteiger partial charge in [-0.25, -0.2) is 9.97 Å². The van der Waals surface area contributed by atoms with E-state index in [0.717, 1.165) is 10.9 Å². The van der Waals surface area contributed by atoms with Crippen molar-refractivity contribution in [2.24, 2.45) is 0 Å².